The van der Waals surface area contributed by atoms with Gasteiger partial charge < -0.3 is 10.3 Å². The monoisotopic (exact) mass is 375 g/mol. The highest BCUT2D eigenvalue weighted by Crippen LogP contribution is 2.28. The molecule has 0 saturated carbocycles. The van der Waals surface area contributed by atoms with E-state index in [1.807, 2.05) is 32.0 Å². The summed E-state index contributed by atoms with van der Waals surface area (Å²) >= 11 is 2.97. The summed E-state index contributed by atoms with van der Waals surface area (Å²) in [6.45, 7) is 5.88. The van der Waals surface area contributed by atoms with Gasteiger partial charge >= 0.3 is 0 Å². The maximum absolute atomic E-state index is 12.6. The van der Waals surface area contributed by atoms with Gasteiger partial charge in [0.15, 0.2) is 5.16 Å². The molecule has 1 unspecified atom stereocenters. The molecule has 2 heterocycles. The molecule has 1 amide bonds. The summed E-state index contributed by atoms with van der Waals surface area (Å²) in [7, 11) is 0. The SMILES string of the molecule is CCc1cccc(C)c1NC(=O)C(C)Sc1nc2c(c(=O)[nH]1)CSC2. The van der Waals surface area contributed by atoms with Crippen LogP contribution in [-0.4, -0.2) is 21.1 Å². The van der Waals surface area contributed by atoms with Crippen LogP contribution in [0.25, 0.3) is 0 Å². The van der Waals surface area contributed by atoms with Crippen LogP contribution >= 0.6 is 23.5 Å². The van der Waals surface area contributed by atoms with Gasteiger partial charge in [0.25, 0.3) is 5.56 Å². The number of aromatic amines is 1. The fourth-order valence-corrected chi connectivity index (χ4v) is 4.59. The first-order chi connectivity index (χ1) is 12.0. The summed E-state index contributed by atoms with van der Waals surface area (Å²) in [6, 6.07) is 6.01. The van der Waals surface area contributed by atoms with Crippen molar-refractivity contribution in [2.45, 2.75) is 49.1 Å². The summed E-state index contributed by atoms with van der Waals surface area (Å²) in [5.74, 6) is 1.38. The molecule has 25 heavy (non-hydrogen) atoms. The summed E-state index contributed by atoms with van der Waals surface area (Å²) in [5.41, 5.74) is 4.57. The van der Waals surface area contributed by atoms with Gasteiger partial charge in [0, 0.05) is 22.8 Å². The second kappa shape index (κ2) is 7.66. The van der Waals surface area contributed by atoms with E-state index in [0.29, 0.717) is 10.9 Å². The normalized spacial score (nSPS) is 14.2. The van der Waals surface area contributed by atoms with Crippen molar-refractivity contribution in [2.75, 3.05) is 5.32 Å². The van der Waals surface area contributed by atoms with Crippen molar-refractivity contribution in [3.05, 3.63) is 50.9 Å². The molecular formula is C18H21N3O2S2. The van der Waals surface area contributed by atoms with Gasteiger partial charge in [0.2, 0.25) is 5.91 Å². The molecule has 132 valence electrons. The second-order valence-electron chi connectivity index (χ2n) is 6.00. The number of benzene rings is 1. The number of hydrogen-bond donors (Lipinski definition) is 2. The lowest BCUT2D eigenvalue weighted by molar-refractivity contribution is -0.115. The Morgan fingerprint density at radius 1 is 1.44 bits per heavy atom. The first-order valence-electron chi connectivity index (χ1n) is 8.25. The van der Waals surface area contributed by atoms with E-state index in [0.717, 1.165) is 40.2 Å². The first kappa shape index (κ1) is 18.1. The molecule has 0 radical (unpaired) electrons. The lowest BCUT2D eigenvalue weighted by Crippen LogP contribution is -2.24. The number of amides is 1. The predicted molar refractivity (Wildman–Crippen MR) is 104 cm³/mol. The average molecular weight is 376 g/mol. The van der Waals surface area contributed by atoms with Crippen molar-refractivity contribution in [1.82, 2.24) is 9.97 Å². The van der Waals surface area contributed by atoms with Gasteiger partial charge in [0.05, 0.1) is 10.9 Å². The summed E-state index contributed by atoms with van der Waals surface area (Å²) < 4.78 is 0. The van der Waals surface area contributed by atoms with Crippen LogP contribution in [0, 0.1) is 6.92 Å². The fourth-order valence-electron chi connectivity index (χ4n) is 2.74. The number of hydrogen-bond acceptors (Lipinski definition) is 5. The topological polar surface area (TPSA) is 74.8 Å². The largest absolute Gasteiger partial charge is 0.325 e. The molecule has 7 heteroatoms. The van der Waals surface area contributed by atoms with E-state index < -0.39 is 0 Å². The minimum atomic E-state index is -0.362. The van der Waals surface area contributed by atoms with Gasteiger partial charge in [-0.25, -0.2) is 4.98 Å². The molecule has 0 bridgehead atoms. The lowest BCUT2D eigenvalue weighted by atomic mass is 10.1. The summed E-state index contributed by atoms with van der Waals surface area (Å²) in [5, 5.41) is 3.18. The number of nitrogens with zero attached hydrogens (tertiary/aromatic N) is 1. The Bertz CT molecular complexity index is 864. The molecule has 0 fully saturated rings. The van der Waals surface area contributed by atoms with E-state index in [-0.39, 0.29) is 16.7 Å². The van der Waals surface area contributed by atoms with E-state index in [4.69, 9.17) is 0 Å². The van der Waals surface area contributed by atoms with Crippen molar-refractivity contribution < 1.29 is 4.79 Å². The molecule has 1 atom stereocenters. The quantitative estimate of drug-likeness (QED) is 0.618. The molecule has 2 N–H and O–H groups in total. The Morgan fingerprint density at radius 3 is 3.00 bits per heavy atom. The van der Waals surface area contributed by atoms with Gasteiger partial charge in [-0.05, 0) is 31.4 Å². The van der Waals surface area contributed by atoms with Crippen molar-refractivity contribution in [3.8, 4) is 0 Å². The van der Waals surface area contributed by atoms with E-state index >= 15 is 0 Å². The lowest BCUT2D eigenvalue weighted by Gasteiger charge is -2.16. The highest BCUT2D eigenvalue weighted by molar-refractivity contribution is 8.00. The van der Waals surface area contributed by atoms with E-state index in [1.54, 1.807) is 11.8 Å². The molecular weight excluding hydrogens is 354 g/mol. The fraction of sp³-hybridized carbons (Fsp3) is 0.389. The van der Waals surface area contributed by atoms with Crippen LogP contribution in [0.3, 0.4) is 0 Å². The number of aryl methyl sites for hydroxylation is 2. The maximum Gasteiger partial charge on any atom is 0.255 e. The summed E-state index contributed by atoms with van der Waals surface area (Å²) in [4.78, 5) is 32.0. The third kappa shape index (κ3) is 3.93. The molecule has 1 aromatic carbocycles. The number of thioether (sulfide) groups is 2. The molecule has 0 spiro atoms. The van der Waals surface area contributed by atoms with E-state index in [2.05, 4.69) is 22.2 Å². The van der Waals surface area contributed by atoms with Crippen molar-refractivity contribution in [2.24, 2.45) is 0 Å². The van der Waals surface area contributed by atoms with Gasteiger partial charge in [-0.3, -0.25) is 9.59 Å². The highest BCUT2D eigenvalue weighted by atomic mass is 32.2. The minimum Gasteiger partial charge on any atom is -0.325 e. The van der Waals surface area contributed by atoms with Crippen LogP contribution in [0.1, 0.15) is 36.2 Å². The van der Waals surface area contributed by atoms with Crippen molar-refractivity contribution >= 4 is 35.1 Å². The number of rotatable bonds is 5. The van der Waals surface area contributed by atoms with E-state index in [9.17, 15) is 9.59 Å². The van der Waals surface area contributed by atoms with Gasteiger partial charge in [-0.1, -0.05) is 36.9 Å². The Labute approximate surface area is 155 Å². The average Bonchev–Trinajstić information content (AvgIpc) is 3.05. The zero-order chi connectivity index (χ0) is 18.0. The van der Waals surface area contributed by atoms with Gasteiger partial charge in [-0.15, -0.1) is 0 Å². The number of nitrogens with one attached hydrogen (secondary N) is 2. The summed E-state index contributed by atoms with van der Waals surface area (Å²) in [6.07, 6.45) is 0.857. The Hall–Kier alpha value is -1.73. The number of carbonyl (C=O) groups excluding carboxylic acids is 1. The number of carbonyl (C=O) groups is 1. The van der Waals surface area contributed by atoms with Crippen LogP contribution in [0.15, 0.2) is 28.2 Å². The molecule has 5 nitrogen and oxygen atoms in total. The molecule has 0 aliphatic carbocycles. The number of para-hydroxylation sites is 1. The zero-order valence-corrected chi connectivity index (χ0v) is 16.1. The number of fused-ring (bicyclic) bond motifs is 1. The number of aromatic nitrogens is 2. The third-order valence-corrected chi connectivity index (χ3v) is 6.17. The Kier molecular flexibility index (Phi) is 5.54. The molecule has 1 aliphatic rings. The molecule has 2 aromatic rings. The van der Waals surface area contributed by atoms with Gasteiger partial charge in [-0.2, -0.15) is 11.8 Å². The molecule has 3 rings (SSSR count). The van der Waals surface area contributed by atoms with Crippen molar-refractivity contribution in [3.63, 3.8) is 0 Å². The van der Waals surface area contributed by atoms with Gasteiger partial charge in [0.1, 0.15) is 0 Å². The number of anilines is 1. The predicted octanol–water partition coefficient (Wildman–Crippen LogP) is 3.51. The second-order valence-corrected chi connectivity index (χ2v) is 8.32. The minimum absolute atomic E-state index is 0.0859. The van der Waals surface area contributed by atoms with Crippen LogP contribution in [0.2, 0.25) is 0 Å². The van der Waals surface area contributed by atoms with Crippen LogP contribution in [-0.2, 0) is 22.7 Å². The third-order valence-electron chi connectivity index (χ3n) is 4.21. The Balaban J connectivity index is 1.74. The maximum atomic E-state index is 12.6. The highest BCUT2D eigenvalue weighted by Gasteiger charge is 2.21. The van der Waals surface area contributed by atoms with Crippen LogP contribution < -0.4 is 10.9 Å². The number of H-pyrrole nitrogens is 1. The van der Waals surface area contributed by atoms with Crippen molar-refractivity contribution in [1.29, 1.82) is 0 Å². The van der Waals surface area contributed by atoms with Crippen LogP contribution in [0.5, 0.6) is 0 Å². The molecule has 1 aromatic heterocycles. The van der Waals surface area contributed by atoms with Crippen LogP contribution in [0.4, 0.5) is 5.69 Å². The standard InChI is InChI=1S/C18H21N3O2S2/c1-4-12-7-5-6-10(2)15(12)20-16(22)11(3)25-18-19-14-9-24-8-13(14)17(23)21-18/h5-7,11H,4,8-9H2,1-3H3,(H,20,22)(H,19,21,23). The first-order valence-corrected chi connectivity index (χ1v) is 10.3. The Morgan fingerprint density at radius 2 is 2.24 bits per heavy atom. The van der Waals surface area contributed by atoms with E-state index in [1.165, 1.54) is 11.8 Å². The zero-order valence-electron chi connectivity index (χ0n) is 14.5. The smallest absolute Gasteiger partial charge is 0.255 e. The molecule has 1 aliphatic heterocycles. The molecule has 0 saturated heterocycles.